The van der Waals surface area contributed by atoms with Gasteiger partial charge in [-0.2, -0.15) is 4.98 Å². The van der Waals surface area contributed by atoms with Gasteiger partial charge < -0.3 is 14.2 Å². The number of rotatable bonds is 6. The number of para-hydroxylation sites is 1. The molecule has 0 N–H and O–H groups in total. The number of piperazine rings is 1. The molecule has 26 heavy (non-hydrogen) atoms. The van der Waals surface area contributed by atoms with Crippen LogP contribution in [0, 0.1) is 0 Å². The third-order valence-electron chi connectivity index (χ3n) is 4.23. The second-order valence-corrected chi connectivity index (χ2v) is 6.03. The molecule has 1 aromatic carbocycles. The van der Waals surface area contributed by atoms with Gasteiger partial charge in [0.05, 0.1) is 12.7 Å². The average molecular weight is 352 g/mol. The van der Waals surface area contributed by atoms with Crippen LogP contribution in [0.4, 0.5) is 5.82 Å². The molecule has 1 saturated heterocycles. The quantitative estimate of drug-likeness (QED) is 0.664. The Morgan fingerprint density at radius 1 is 1.04 bits per heavy atom. The fourth-order valence-electron chi connectivity index (χ4n) is 2.86. The first kappa shape index (κ1) is 16.5. The largest absolute Gasteiger partial charge is 0.485 e. The summed E-state index contributed by atoms with van der Waals surface area (Å²) in [7, 11) is 0. The lowest BCUT2D eigenvalue weighted by Crippen LogP contribution is -2.46. The van der Waals surface area contributed by atoms with Crippen molar-refractivity contribution in [3.05, 3.63) is 60.6 Å². The Hall–Kier alpha value is -3.00. The van der Waals surface area contributed by atoms with Crippen LogP contribution in [-0.4, -0.2) is 51.2 Å². The van der Waals surface area contributed by atoms with Crippen LogP contribution in [-0.2, 0) is 13.2 Å². The molecule has 3 aromatic rings. The number of ether oxygens (including phenoxy) is 1. The zero-order valence-electron chi connectivity index (χ0n) is 14.4. The summed E-state index contributed by atoms with van der Waals surface area (Å²) in [5.74, 6) is 2.89. The van der Waals surface area contributed by atoms with Crippen LogP contribution in [0.25, 0.3) is 0 Å². The highest BCUT2D eigenvalue weighted by Gasteiger charge is 2.20. The summed E-state index contributed by atoms with van der Waals surface area (Å²) in [5.41, 5.74) is 0. The van der Waals surface area contributed by atoms with Crippen molar-refractivity contribution in [3.8, 4) is 5.75 Å². The smallest absolute Gasteiger partial charge is 0.240 e. The monoisotopic (exact) mass is 352 g/mol. The minimum Gasteiger partial charge on any atom is -0.485 e. The van der Waals surface area contributed by atoms with Crippen LogP contribution < -0.4 is 9.64 Å². The zero-order valence-corrected chi connectivity index (χ0v) is 14.4. The molecule has 8 heteroatoms. The number of anilines is 1. The van der Waals surface area contributed by atoms with E-state index in [4.69, 9.17) is 9.26 Å². The Bertz CT molecular complexity index is 803. The van der Waals surface area contributed by atoms with Crippen LogP contribution >= 0.6 is 0 Å². The summed E-state index contributed by atoms with van der Waals surface area (Å²) in [6.07, 6.45) is 5.21. The Labute approximate surface area is 151 Å². The summed E-state index contributed by atoms with van der Waals surface area (Å²) < 4.78 is 11.0. The number of nitrogens with zero attached hydrogens (tertiary/aromatic N) is 6. The van der Waals surface area contributed by atoms with Gasteiger partial charge in [-0.15, -0.1) is 0 Å². The predicted octanol–water partition coefficient (Wildman–Crippen LogP) is 1.76. The molecular formula is C18H20N6O2. The van der Waals surface area contributed by atoms with E-state index in [1.807, 2.05) is 30.3 Å². The van der Waals surface area contributed by atoms with E-state index in [0.29, 0.717) is 24.9 Å². The molecule has 8 nitrogen and oxygen atoms in total. The van der Waals surface area contributed by atoms with E-state index in [9.17, 15) is 0 Å². The van der Waals surface area contributed by atoms with E-state index >= 15 is 0 Å². The molecule has 134 valence electrons. The number of aromatic nitrogens is 4. The van der Waals surface area contributed by atoms with E-state index in [2.05, 4.69) is 29.9 Å². The van der Waals surface area contributed by atoms with Crippen molar-refractivity contribution in [3.63, 3.8) is 0 Å². The summed E-state index contributed by atoms with van der Waals surface area (Å²) in [6.45, 7) is 4.57. The molecule has 0 atom stereocenters. The normalized spacial score (nSPS) is 15.2. The molecule has 2 aromatic heterocycles. The minimum atomic E-state index is 0.300. The van der Waals surface area contributed by atoms with Crippen LogP contribution in [0.3, 0.4) is 0 Å². The average Bonchev–Trinajstić information content (AvgIpc) is 3.16. The minimum absolute atomic E-state index is 0.300. The van der Waals surface area contributed by atoms with E-state index in [0.717, 1.165) is 37.7 Å². The van der Waals surface area contributed by atoms with E-state index < -0.39 is 0 Å². The number of hydrogen-bond acceptors (Lipinski definition) is 8. The van der Waals surface area contributed by atoms with Crippen molar-refractivity contribution >= 4 is 5.82 Å². The number of benzene rings is 1. The van der Waals surface area contributed by atoms with Crippen LogP contribution in [0.15, 0.2) is 53.4 Å². The molecule has 1 aliphatic heterocycles. The standard InChI is InChI=1S/C18H20N6O2/c1-2-4-15(5-3-1)25-14-16-21-18(26-22-16)13-23-8-10-24(11-9-23)17-12-19-6-7-20-17/h1-7,12H,8-11,13-14H2. The molecule has 0 amide bonds. The van der Waals surface area contributed by atoms with Gasteiger partial charge in [-0.1, -0.05) is 23.4 Å². The van der Waals surface area contributed by atoms with E-state index in [1.165, 1.54) is 0 Å². The molecule has 1 aliphatic rings. The van der Waals surface area contributed by atoms with Gasteiger partial charge in [-0.3, -0.25) is 9.88 Å². The van der Waals surface area contributed by atoms with E-state index in [1.54, 1.807) is 18.6 Å². The van der Waals surface area contributed by atoms with Gasteiger partial charge in [0.2, 0.25) is 11.7 Å². The maximum Gasteiger partial charge on any atom is 0.240 e. The van der Waals surface area contributed by atoms with Crippen molar-refractivity contribution in [2.24, 2.45) is 0 Å². The Balaban J connectivity index is 1.26. The second-order valence-electron chi connectivity index (χ2n) is 6.03. The molecule has 4 rings (SSSR count). The fourth-order valence-corrected chi connectivity index (χ4v) is 2.86. The molecular weight excluding hydrogens is 332 g/mol. The molecule has 0 saturated carbocycles. The molecule has 0 radical (unpaired) electrons. The van der Waals surface area contributed by atoms with Crippen molar-refractivity contribution in [1.82, 2.24) is 25.0 Å². The SMILES string of the molecule is c1ccc(OCc2noc(CN3CCN(c4cnccn4)CC3)n2)cc1. The second kappa shape index (κ2) is 7.92. The molecule has 0 bridgehead atoms. The fraction of sp³-hybridized carbons (Fsp3) is 0.333. The van der Waals surface area contributed by atoms with Crippen molar-refractivity contribution in [2.45, 2.75) is 13.2 Å². The Kier molecular flexibility index (Phi) is 5.02. The van der Waals surface area contributed by atoms with Gasteiger partial charge in [0.1, 0.15) is 11.6 Å². The van der Waals surface area contributed by atoms with Crippen LogP contribution in [0.2, 0.25) is 0 Å². The van der Waals surface area contributed by atoms with E-state index in [-0.39, 0.29) is 0 Å². The third-order valence-corrected chi connectivity index (χ3v) is 4.23. The zero-order chi connectivity index (χ0) is 17.6. The maximum atomic E-state index is 5.64. The number of hydrogen-bond donors (Lipinski definition) is 0. The molecule has 3 heterocycles. The first-order chi connectivity index (χ1) is 12.9. The van der Waals surface area contributed by atoms with Crippen molar-refractivity contribution in [1.29, 1.82) is 0 Å². The lowest BCUT2D eigenvalue weighted by Gasteiger charge is -2.34. The predicted molar refractivity (Wildman–Crippen MR) is 94.6 cm³/mol. The molecule has 1 fully saturated rings. The Morgan fingerprint density at radius 3 is 2.65 bits per heavy atom. The van der Waals surface area contributed by atoms with Gasteiger partial charge in [0.15, 0.2) is 6.61 Å². The Morgan fingerprint density at radius 2 is 1.88 bits per heavy atom. The van der Waals surface area contributed by atoms with Crippen molar-refractivity contribution in [2.75, 3.05) is 31.1 Å². The first-order valence-corrected chi connectivity index (χ1v) is 8.59. The van der Waals surface area contributed by atoms with Gasteiger partial charge in [0, 0.05) is 38.6 Å². The topological polar surface area (TPSA) is 80.4 Å². The highest BCUT2D eigenvalue weighted by Crippen LogP contribution is 2.14. The van der Waals surface area contributed by atoms with Crippen LogP contribution in [0.5, 0.6) is 5.75 Å². The first-order valence-electron chi connectivity index (χ1n) is 8.59. The highest BCUT2D eigenvalue weighted by atomic mass is 16.5. The molecule has 0 spiro atoms. The van der Waals surface area contributed by atoms with Crippen molar-refractivity contribution < 1.29 is 9.26 Å². The summed E-state index contributed by atoms with van der Waals surface area (Å²) >= 11 is 0. The lowest BCUT2D eigenvalue weighted by atomic mass is 10.3. The lowest BCUT2D eigenvalue weighted by molar-refractivity contribution is 0.214. The summed E-state index contributed by atoms with van der Waals surface area (Å²) in [4.78, 5) is 17.4. The van der Waals surface area contributed by atoms with Gasteiger partial charge in [0.25, 0.3) is 0 Å². The van der Waals surface area contributed by atoms with Gasteiger partial charge in [-0.25, -0.2) is 4.98 Å². The maximum absolute atomic E-state index is 5.64. The van der Waals surface area contributed by atoms with Gasteiger partial charge >= 0.3 is 0 Å². The summed E-state index contributed by atoms with van der Waals surface area (Å²) in [5, 5.41) is 3.99. The van der Waals surface area contributed by atoms with Crippen LogP contribution in [0.1, 0.15) is 11.7 Å². The highest BCUT2D eigenvalue weighted by molar-refractivity contribution is 5.35. The third kappa shape index (κ3) is 4.15. The molecule has 0 unspecified atom stereocenters. The molecule has 0 aliphatic carbocycles. The summed E-state index contributed by atoms with van der Waals surface area (Å²) in [6, 6.07) is 9.61. The van der Waals surface area contributed by atoms with Gasteiger partial charge in [-0.05, 0) is 12.1 Å².